The topological polar surface area (TPSA) is 44.4 Å². The Morgan fingerprint density at radius 2 is 2.00 bits per heavy atom. The lowest BCUT2D eigenvalue weighted by Gasteiger charge is -2.37. The summed E-state index contributed by atoms with van der Waals surface area (Å²) in [5, 5.41) is 6.81. The number of hydrogen-bond donors (Lipinski definition) is 2. The number of nitrogens with zero attached hydrogens (tertiary/aromatic N) is 1. The predicted octanol–water partition coefficient (Wildman–Crippen LogP) is 2.21. The third kappa shape index (κ3) is 3.81. The van der Waals surface area contributed by atoms with Crippen molar-refractivity contribution in [1.82, 2.24) is 15.5 Å². The molecule has 0 aromatic heterocycles. The summed E-state index contributed by atoms with van der Waals surface area (Å²) in [5.41, 5.74) is -0.0764. The molecule has 3 atom stereocenters. The predicted molar refractivity (Wildman–Crippen MR) is 97.5 cm³/mol. The van der Waals surface area contributed by atoms with Crippen molar-refractivity contribution < 1.29 is 4.79 Å². The van der Waals surface area contributed by atoms with Gasteiger partial charge in [0.1, 0.15) is 0 Å². The van der Waals surface area contributed by atoms with E-state index in [1.165, 1.54) is 51.6 Å². The molecule has 2 saturated heterocycles. The van der Waals surface area contributed by atoms with E-state index in [9.17, 15) is 4.79 Å². The van der Waals surface area contributed by atoms with Gasteiger partial charge in [-0.15, -0.1) is 24.8 Å². The summed E-state index contributed by atoms with van der Waals surface area (Å²) in [7, 11) is 0. The van der Waals surface area contributed by atoms with E-state index in [-0.39, 0.29) is 30.2 Å². The van der Waals surface area contributed by atoms with Crippen LogP contribution in [0.4, 0.5) is 0 Å². The zero-order valence-electron chi connectivity index (χ0n) is 13.9. The van der Waals surface area contributed by atoms with Crippen LogP contribution < -0.4 is 10.6 Å². The molecule has 134 valence electrons. The zero-order chi connectivity index (χ0) is 14.3. The van der Waals surface area contributed by atoms with Gasteiger partial charge in [-0.25, -0.2) is 0 Å². The highest BCUT2D eigenvalue weighted by Crippen LogP contribution is 2.44. The normalized spacial score (nSPS) is 36.7. The summed E-state index contributed by atoms with van der Waals surface area (Å²) in [4.78, 5) is 15.5. The maximum absolute atomic E-state index is 12.8. The molecule has 1 amide bonds. The standard InChI is InChI=1S/C17H29N3O.2ClH/c21-16(17-7-2-1-3-14(17)10-18-12-17)19-9-13-6-8-20(11-13)15-4-5-15;;/h13-15,18H,1-12H2,(H,19,21);2*1H/t13?,14-,17+;;/m0../s1. The maximum Gasteiger partial charge on any atom is 0.227 e. The van der Waals surface area contributed by atoms with Gasteiger partial charge in [-0.2, -0.15) is 0 Å². The smallest absolute Gasteiger partial charge is 0.227 e. The number of nitrogens with one attached hydrogen (secondary N) is 2. The first-order valence-corrected chi connectivity index (χ1v) is 9.01. The van der Waals surface area contributed by atoms with Gasteiger partial charge in [0, 0.05) is 25.7 Å². The average Bonchev–Trinajstić information content (AvgIpc) is 3.09. The van der Waals surface area contributed by atoms with Crippen LogP contribution in [0.1, 0.15) is 44.9 Å². The minimum Gasteiger partial charge on any atom is -0.355 e. The lowest BCUT2D eigenvalue weighted by Crippen LogP contribution is -2.49. The summed E-state index contributed by atoms with van der Waals surface area (Å²) in [6, 6.07) is 0.881. The highest BCUT2D eigenvalue weighted by molar-refractivity contribution is 5.85. The Hall–Kier alpha value is -0.0300. The van der Waals surface area contributed by atoms with Gasteiger partial charge in [0.25, 0.3) is 0 Å². The average molecular weight is 364 g/mol. The number of amides is 1. The molecule has 6 heteroatoms. The van der Waals surface area contributed by atoms with Crippen LogP contribution in [0.5, 0.6) is 0 Å². The number of carbonyl (C=O) groups excluding carboxylic acids is 1. The monoisotopic (exact) mass is 363 g/mol. The summed E-state index contributed by atoms with van der Waals surface area (Å²) >= 11 is 0. The quantitative estimate of drug-likeness (QED) is 0.804. The van der Waals surface area contributed by atoms with Gasteiger partial charge in [0.15, 0.2) is 0 Å². The minimum absolute atomic E-state index is 0. The van der Waals surface area contributed by atoms with Crippen LogP contribution in [0.3, 0.4) is 0 Å². The Balaban J connectivity index is 0.000000960. The fourth-order valence-corrected chi connectivity index (χ4v) is 4.90. The molecule has 0 bridgehead atoms. The number of fused-ring (bicyclic) bond motifs is 1. The maximum atomic E-state index is 12.8. The number of likely N-dealkylation sites (tertiary alicyclic amines) is 1. The number of halogens is 2. The van der Waals surface area contributed by atoms with Gasteiger partial charge < -0.3 is 15.5 Å². The number of rotatable bonds is 4. The van der Waals surface area contributed by atoms with E-state index in [4.69, 9.17) is 0 Å². The molecule has 1 unspecified atom stereocenters. The van der Waals surface area contributed by atoms with Crippen molar-refractivity contribution in [3.63, 3.8) is 0 Å². The van der Waals surface area contributed by atoms with Crippen molar-refractivity contribution >= 4 is 30.7 Å². The van der Waals surface area contributed by atoms with E-state index < -0.39 is 0 Å². The number of hydrogen-bond acceptors (Lipinski definition) is 3. The van der Waals surface area contributed by atoms with Gasteiger partial charge in [0.2, 0.25) is 5.91 Å². The van der Waals surface area contributed by atoms with Crippen LogP contribution in [-0.4, -0.2) is 49.6 Å². The molecular formula is C17H31Cl2N3O. The van der Waals surface area contributed by atoms with Crippen LogP contribution in [0, 0.1) is 17.3 Å². The van der Waals surface area contributed by atoms with E-state index in [0.29, 0.717) is 17.7 Å². The second-order valence-electron chi connectivity index (χ2n) is 7.82. The molecule has 0 spiro atoms. The molecule has 2 N–H and O–H groups in total. The first-order chi connectivity index (χ1) is 10.3. The molecule has 2 saturated carbocycles. The molecule has 0 radical (unpaired) electrons. The second kappa shape index (κ2) is 7.90. The molecular weight excluding hydrogens is 333 g/mol. The summed E-state index contributed by atoms with van der Waals surface area (Å²) in [6.45, 7) is 5.31. The second-order valence-corrected chi connectivity index (χ2v) is 7.82. The van der Waals surface area contributed by atoms with Crippen LogP contribution in [0.2, 0.25) is 0 Å². The van der Waals surface area contributed by atoms with Crippen molar-refractivity contribution in [3.8, 4) is 0 Å². The van der Waals surface area contributed by atoms with Crippen molar-refractivity contribution in [2.24, 2.45) is 17.3 Å². The fraction of sp³-hybridized carbons (Fsp3) is 0.941. The van der Waals surface area contributed by atoms with E-state index >= 15 is 0 Å². The van der Waals surface area contributed by atoms with Crippen LogP contribution in [-0.2, 0) is 4.79 Å². The lowest BCUT2D eigenvalue weighted by molar-refractivity contribution is -0.134. The van der Waals surface area contributed by atoms with Crippen LogP contribution in [0.25, 0.3) is 0 Å². The van der Waals surface area contributed by atoms with E-state index in [1.807, 2.05) is 0 Å². The summed E-state index contributed by atoms with van der Waals surface area (Å²) in [6.07, 6.45) is 8.93. The first-order valence-electron chi connectivity index (χ1n) is 9.01. The third-order valence-electron chi connectivity index (χ3n) is 6.42. The molecule has 0 aromatic rings. The Bertz CT molecular complexity index is 419. The minimum atomic E-state index is -0.0764. The molecule has 4 aliphatic rings. The first kappa shape index (κ1) is 19.3. The Labute approximate surface area is 152 Å². The van der Waals surface area contributed by atoms with Crippen molar-refractivity contribution in [1.29, 1.82) is 0 Å². The Kier molecular flexibility index (Phi) is 6.63. The number of carbonyl (C=O) groups is 1. The molecule has 4 rings (SSSR count). The van der Waals surface area contributed by atoms with E-state index in [1.54, 1.807) is 0 Å². The van der Waals surface area contributed by atoms with Gasteiger partial charge in [-0.05, 0) is 57.0 Å². The fourth-order valence-electron chi connectivity index (χ4n) is 4.90. The van der Waals surface area contributed by atoms with Crippen molar-refractivity contribution in [2.45, 2.75) is 51.0 Å². The van der Waals surface area contributed by atoms with Gasteiger partial charge in [-0.3, -0.25) is 4.79 Å². The molecule has 2 heterocycles. The van der Waals surface area contributed by atoms with Crippen molar-refractivity contribution in [3.05, 3.63) is 0 Å². The lowest BCUT2D eigenvalue weighted by atomic mass is 9.67. The largest absolute Gasteiger partial charge is 0.355 e. The Morgan fingerprint density at radius 3 is 2.78 bits per heavy atom. The Morgan fingerprint density at radius 1 is 1.17 bits per heavy atom. The summed E-state index contributed by atoms with van der Waals surface area (Å²) in [5.74, 6) is 1.61. The molecule has 4 nitrogen and oxygen atoms in total. The summed E-state index contributed by atoms with van der Waals surface area (Å²) < 4.78 is 0. The highest BCUT2D eigenvalue weighted by atomic mass is 35.5. The van der Waals surface area contributed by atoms with Crippen LogP contribution in [0.15, 0.2) is 0 Å². The molecule has 0 aromatic carbocycles. The molecule has 23 heavy (non-hydrogen) atoms. The highest BCUT2D eigenvalue weighted by Gasteiger charge is 2.49. The van der Waals surface area contributed by atoms with Gasteiger partial charge >= 0.3 is 0 Å². The third-order valence-corrected chi connectivity index (χ3v) is 6.42. The van der Waals surface area contributed by atoms with Crippen LogP contribution >= 0.6 is 24.8 Å². The van der Waals surface area contributed by atoms with E-state index in [0.717, 1.165) is 32.1 Å². The van der Waals surface area contributed by atoms with Crippen molar-refractivity contribution in [2.75, 3.05) is 32.7 Å². The zero-order valence-corrected chi connectivity index (χ0v) is 15.5. The molecule has 2 aliphatic heterocycles. The SMILES string of the molecule is Cl.Cl.O=C(NCC1CCN(C2CC2)C1)[C@@]12CCCC[C@H]1CNC2. The van der Waals surface area contributed by atoms with Gasteiger partial charge in [0.05, 0.1) is 5.41 Å². The van der Waals surface area contributed by atoms with E-state index in [2.05, 4.69) is 15.5 Å². The molecule has 4 fully saturated rings. The van der Waals surface area contributed by atoms with Gasteiger partial charge in [-0.1, -0.05) is 12.8 Å². The molecule has 2 aliphatic carbocycles.